The number of anilines is 1. The summed E-state index contributed by atoms with van der Waals surface area (Å²) in [6.45, 7) is 3.93. The van der Waals surface area contributed by atoms with Gasteiger partial charge in [0.15, 0.2) is 11.6 Å². The third-order valence-corrected chi connectivity index (χ3v) is 6.71. The zero-order valence-electron chi connectivity index (χ0n) is 18.6. The molecule has 0 aliphatic carbocycles. The Bertz CT molecular complexity index is 1520. The maximum absolute atomic E-state index is 13.0. The Hall–Kier alpha value is -3.69. The Morgan fingerprint density at radius 3 is 2.74 bits per heavy atom. The largest absolute Gasteiger partial charge is 0.495 e. The number of halogens is 1. The molecule has 0 aliphatic rings. The number of amides is 1. The van der Waals surface area contributed by atoms with Crippen LogP contribution in [0.4, 0.5) is 5.69 Å². The highest BCUT2D eigenvalue weighted by atomic mass is 35.5. The van der Waals surface area contributed by atoms with E-state index < -0.39 is 5.91 Å². The maximum Gasteiger partial charge on any atom is 0.291 e. The molecule has 0 saturated heterocycles. The van der Waals surface area contributed by atoms with Gasteiger partial charge in [0, 0.05) is 22.6 Å². The molecule has 5 aromatic rings. The van der Waals surface area contributed by atoms with Gasteiger partial charge in [-0.25, -0.2) is 0 Å². The second kappa shape index (κ2) is 8.92. The fourth-order valence-corrected chi connectivity index (χ4v) is 4.51. The van der Waals surface area contributed by atoms with Crippen molar-refractivity contribution < 1.29 is 13.9 Å². The second-order valence-corrected chi connectivity index (χ2v) is 8.93. The summed E-state index contributed by atoms with van der Waals surface area (Å²) in [5, 5.41) is 17.2. The average molecular weight is 494 g/mol. The molecule has 3 heterocycles. The van der Waals surface area contributed by atoms with Crippen LogP contribution in [0.15, 0.2) is 52.9 Å². The van der Waals surface area contributed by atoms with E-state index in [9.17, 15) is 4.79 Å². The lowest BCUT2D eigenvalue weighted by Gasteiger charge is -2.10. The molecule has 10 heteroatoms. The first-order valence-electron chi connectivity index (χ1n) is 10.5. The van der Waals surface area contributed by atoms with E-state index in [1.54, 1.807) is 29.8 Å². The van der Waals surface area contributed by atoms with Crippen LogP contribution in [0.2, 0.25) is 5.02 Å². The number of nitrogens with one attached hydrogen (secondary N) is 1. The van der Waals surface area contributed by atoms with Crippen molar-refractivity contribution in [3.63, 3.8) is 0 Å². The Labute approximate surface area is 204 Å². The molecule has 0 radical (unpaired) electrons. The molecule has 0 bridgehead atoms. The first-order valence-corrected chi connectivity index (χ1v) is 11.7. The van der Waals surface area contributed by atoms with Gasteiger partial charge in [0.1, 0.15) is 16.5 Å². The molecule has 172 valence electrons. The number of rotatable bonds is 6. The van der Waals surface area contributed by atoms with Gasteiger partial charge in [-0.15, -0.1) is 10.2 Å². The highest BCUT2D eigenvalue weighted by Crippen LogP contribution is 2.34. The molecule has 0 fully saturated rings. The van der Waals surface area contributed by atoms with Gasteiger partial charge >= 0.3 is 0 Å². The zero-order valence-corrected chi connectivity index (χ0v) is 20.2. The standard InChI is InChI=1S/C24H20ClN5O3S/c1-4-21-27-28-24-30(21)29-23(34-24)15-7-8-19(32-3)17(12-15)26-22(31)20-10-9-18(33-20)14-6-5-13(2)16(25)11-14/h5-12H,4H2,1-3H3,(H,26,31). The summed E-state index contributed by atoms with van der Waals surface area (Å²) >= 11 is 7.65. The molecule has 34 heavy (non-hydrogen) atoms. The second-order valence-electron chi connectivity index (χ2n) is 7.57. The predicted molar refractivity (Wildman–Crippen MR) is 132 cm³/mol. The number of ether oxygens (including phenoxy) is 1. The normalized spacial score (nSPS) is 11.2. The van der Waals surface area contributed by atoms with E-state index in [4.69, 9.17) is 20.8 Å². The van der Waals surface area contributed by atoms with Gasteiger partial charge in [-0.3, -0.25) is 4.79 Å². The number of benzene rings is 2. The SMILES string of the molecule is CCc1nnc2sc(-c3ccc(OC)c(NC(=O)c4ccc(-c5ccc(C)c(Cl)c5)o4)c3)nn12. The molecule has 3 aromatic heterocycles. The number of hydrogen-bond acceptors (Lipinski definition) is 7. The summed E-state index contributed by atoms with van der Waals surface area (Å²) in [6, 6.07) is 14.5. The number of methoxy groups -OCH3 is 1. The quantitative estimate of drug-likeness (QED) is 0.316. The topological polar surface area (TPSA) is 94.6 Å². The molecule has 0 atom stereocenters. The van der Waals surface area contributed by atoms with Crippen LogP contribution in [-0.4, -0.2) is 32.8 Å². The molecular weight excluding hydrogens is 474 g/mol. The highest BCUT2D eigenvalue weighted by molar-refractivity contribution is 7.19. The molecule has 8 nitrogen and oxygen atoms in total. The van der Waals surface area contributed by atoms with E-state index in [0.29, 0.717) is 27.2 Å². The van der Waals surface area contributed by atoms with Crippen molar-refractivity contribution in [2.24, 2.45) is 0 Å². The number of furan rings is 1. The number of nitrogens with zero attached hydrogens (tertiary/aromatic N) is 4. The van der Waals surface area contributed by atoms with Gasteiger partial charge in [-0.2, -0.15) is 9.61 Å². The van der Waals surface area contributed by atoms with E-state index >= 15 is 0 Å². The predicted octanol–water partition coefficient (Wildman–Crippen LogP) is 5.90. The van der Waals surface area contributed by atoms with Crippen molar-refractivity contribution >= 4 is 39.5 Å². The van der Waals surface area contributed by atoms with Crippen molar-refractivity contribution in [3.05, 3.63) is 70.7 Å². The first-order chi connectivity index (χ1) is 16.5. The molecule has 0 unspecified atom stereocenters. The van der Waals surface area contributed by atoms with Crippen molar-refractivity contribution in [2.75, 3.05) is 12.4 Å². The van der Waals surface area contributed by atoms with Crippen LogP contribution in [0, 0.1) is 6.92 Å². The summed E-state index contributed by atoms with van der Waals surface area (Å²) < 4.78 is 13.0. The van der Waals surface area contributed by atoms with Crippen LogP contribution < -0.4 is 10.1 Å². The van der Waals surface area contributed by atoms with Crippen LogP contribution >= 0.6 is 22.9 Å². The van der Waals surface area contributed by atoms with Gasteiger partial charge in [-0.05, 0) is 48.9 Å². The fourth-order valence-electron chi connectivity index (χ4n) is 3.48. The number of aromatic nitrogens is 4. The molecule has 0 spiro atoms. The number of aryl methyl sites for hydroxylation is 2. The smallest absolute Gasteiger partial charge is 0.291 e. The number of fused-ring (bicyclic) bond motifs is 1. The lowest BCUT2D eigenvalue weighted by atomic mass is 10.1. The average Bonchev–Trinajstić information content (AvgIpc) is 3.57. The summed E-state index contributed by atoms with van der Waals surface area (Å²) in [6.07, 6.45) is 0.730. The highest BCUT2D eigenvalue weighted by Gasteiger charge is 2.18. The van der Waals surface area contributed by atoms with Gasteiger partial charge in [-0.1, -0.05) is 42.0 Å². The van der Waals surface area contributed by atoms with Crippen molar-refractivity contribution in [1.29, 1.82) is 0 Å². The Morgan fingerprint density at radius 1 is 1.15 bits per heavy atom. The summed E-state index contributed by atoms with van der Waals surface area (Å²) in [5.41, 5.74) is 3.09. The van der Waals surface area contributed by atoms with Gasteiger partial charge < -0.3 is 14.5 Å². The number of carbonyl (C=O) groups excluding carboxylic acids is 1. The van der Waals surface area contributed by atoms with E-state index in [1.807, 2.05) is 44.2 Å². The molecule has 5 rings (SSSR count). The third kappa shape index (κ3) is 4.04. The summed E-state index contributed by atoms with van der Waals surface area (Å²) in [5.74, 6) is 1.64. The van der Waals surface area contributed by atoms with Crippen LogP contribution in [0.5, 0.6) is 5.75 Å². The minimum atomic E-state index is -0.397. The van der Waals surface area contributed by atoms with Crippen molar-refractivity contribution in [1.82, 2.24) is 19.8 Å². The Morgan fingerprint density at radius 2 is 1.97 bits per heavy atom. The van der Waals surface area contributed by atoms with Crippen molar-refractivity contribution in [2.45, 2.75) is 20.3 Å². The van der Waals surface area contributed by atoms with E-state index in [0.717, 1.165) is 33.9 Å². The first kappa shape index (κ1) is 22.1. The van der Waals surface area contributed by atoms with Crippen LogP contribution in [0.1, 0.15) is 28.9 Å². The maximum atomic E-state index is 13.0. The molecule has 1 amide bonds. The van der Waals surface area contributed by atoms with Gasteiger partial charge in [0.05, 0.1) is 12.8 Å². The lowest BCUT2D eigenvalue weighted by Crippen LogP contribution is -2.11. The monoisotopic (exact) mass is 493 g/mol. The van der Waals surface area contributed by atoms with E-state index in [1.165, 1.54) is 11.3 Å². The Balaban J connectivity index is 1.42. The van der Waals surface area contributed by atoms with Crippen LogP contribution in [0.25, 0.3) is 26.9 Å². The zero-order chi connectivity index (χ0) is 23.8. The summed E-state index contributed by atoms with van der Waals surface area (Å²) in [4.78, 5) is 13.7. The molecule has 0 aliphatic heterocycles. The molecule has 2 aromatic carbocycles. The van der Waals surface area contributed by atoms with Crippen molar-refractivity contribution in [3.8, 4) is 27.6 Å². The van der Waals surface area contributed by atoms with Crippen LogP contribution in [0.3, 0.4) is 0 Å². The Kier molecular flexibility index (Phi) is 5.80. The van der Waals surface area contributed by atoms with Gasteiger partial charge in [0.2, 0.25) is 4.96 Å². The minimum absolute atomic E-state index is 0.172. The van der Waals surface area contributed by atoms with Crippen LogP contribution in [-0.2, 0) is 6.42 Å². The number of hydrogen-bond donors (Lipinski definition) is 1. The molecule has 1 N–H and O–H groups in total. The summed E-state index contributed by atoms with van der Waals surface area (Å²) in [7, 11) is 1.55. The lowest BCUT2D eigenvalue weighted by molar-refractivity contribution is 0.0997. The van der Waals surface area contributed by atoms with E-state index in [2.05, 4.69) is 20.6 Å². The fraction of sp³-hybridized carbons (Fsp3) is 0.167. The number of carbonyl (C=O) groups is 1. The third-order valence-electron chi connectivity index (χ3n) is 5.35. The molecular formula is C24H20ClN5O3S. The minimum Gasteiger partial charge on any atom is -0.495 e. The van der Waals surface area contributed by atoms with E-state index in [-0.39, 0.29) is 5.76 Å². The molecule has 0 saturated carbocycles. The van der Waals surface area contributed by atoms with Gasteiger partial charge in [0.25, 0.3) is 5.91 Å².